The molecule has 5 heteroatoms. The summed E-state index contributed by atoms with van der Waals surface area (Å²) in [7, 11) is 1.72. The zero-order valence-corrected chi connectivity index (χ0v) is 11.3. The van der Waals surface area contributed by atoms with Crippen LogP contribution >= 0.6 is 15.9 Å². The first-order chi connectivity index (χ1) is 8.61. The largest absolute Gasteiger partial charge is 0.453 e. The van der Waals surface area contributed by atoms with Gasteiger partial charge >= 0.3 is 0 Å². The highest BCUT2D eigenvalue weighted by Crippen LogP contribution is 2.25. The summed E-state index contributed by atoms with van der Waals surface area (Å²) in [6.45, 7) is 0. The molecular formula is C13H12BrF2NO. The van der Waals surface area contributed by atoms with Crippen LogP contribution in [0.15, 0.2) is 39.4 Å². The lowest BCUT2D eigenvalue weighted by atomic mass is 10.0. The molecule has 1 unspecified atom stereocenters. The highest BCUT2D eigenvalue weighted by Gasteiger charge is 2.18. The summed E-state index contributed by atoms with van der Waals surface area (Å²) in [5, 5.41) is 2.99. The smallest absolute Gasteiger partial charge is 0.169 e. The third-order valence-corrected chi connectivity index (χ3v) is 3.18. The highest BCUT2D eigenvalue weighted by molar-refractivity contribution is 9.10. The van der Waals surface area contributed by atoms with Crippen molar-refractivity contribution in [3.8, 4) is 0 Å². The van der Waals surface area contributed by atoms with Crippen LogP contribution in [0.25, 0.3) is 0 Å². The van der Waals surface area contributed by atoms with Crippen LogP contribution in [0.4, 0.5) is 8.78 Å². The molecule has 96 valence electrons. The Balaban J connectivity index is 2.26. The van der Waals surface area contributed by atoms with Crippen LogP contribution in [-0.2, 0) is 6.42 Å². The summed E-state index contributed by atoms with van der Waals surface area (Å²) in [5.41, 5.74) is 0.0596. The van der Waals surface area contributed by atoms with E-state index in [-0.39, 0.29) is 18.0 Å². The fraction of sp³-hybridized carbons (Fsp3) is 0.231. The second-order valence-corrected chi connectivity index (χ2v) is 4.67. The number of furan rings is 1. The molecule has 2 nitrogen and oxygen atoms in total. The van der Waals surface area contributed by atoms with Gasteiger partial charge in [-0.2, -0.15) is 0 Å². The van der Waals surface area contributed by atoms with E-state index in [1.807, 2.05) is 0 Å². The van der Waals surface area contributed by atoms with Gasteiger partial charge in [0.05, 0.1) is 6.04 Å². The summed E-state index contributed by atoms with van der Waals surface area (Å²) < 4.78 is 33.1. The van der Waals surface area contributed by atoms with Gasteiger partial charge in [0, 0.05) is 12.0 Å². The Kier molecular flexibility index (Phi) is 4.14. The topological polar surface area (TPSA) is 25.2 Å². The number of likely N-dealkylation sites (N-methyl/N-ethyl adjacent to an activating group) is 1. The van der Waals surface area contributed by atoms with Gasteiger partial charge < -0.3 is 9.73 Å². The Bertz CT molecular complexity index is 521. The van der Waals surface area contributed by atoms with E-state index in [1.54, 1.807) is 19.2 Å². The van der Waals surface area contributed by atoms with Gasteiger partial charge in [-0.3, -0.25) is 0 Å². The molecule has 0 aliphatic carbocycles. The maximum atomic E-state index is 13.6. The molecule has 0 saturated carbocycles. The van der Waals surface area contributed by atoms with Gasteiger partial charge in [-0.15, -0.1) is 0 Å². The Morgan fingerprint density at radius 1 is 1.22 bits per heavy atom. The normalized spacial score (nSPS) is 12.7. The predicted molar refractivity (Wildman–Crippen MR) is 68.3 cm³/mol. The van der Waals surface area contributed by atoms with E-state index in [0.717, 1.165) is 0 Å². The van der Waals surface area contributed by atoms with Crippen LogP contribution in [0.5, 0.6) is 0 Å². The molecule has 0 bridgehead atoms. The Hall–Kier alpha value is -1.20. The lowest BCUT2D eigenvalue weighted by molar-refractivity contribution is 0.408. The van der Waals surface area contributed by atoms with Crippen LogP contribution in [0.1, 0.15) is 17.4 Å². The van der Waals surface area contributed by atoms with Gasteiger partial charge in [0.1, 0.15) is 17.4 Å². The van der Waals surface area contributed by atoms with E-state index in [1.165, 1.54) is 18.2 Å². The molecule has 0 amide bonds. The molecule has 1 atom stereocenters. The van der Waals surface area contributed by atoms with Gasteiger partial charge in [-0.1, -0.05) is 6.07 Å². The third kappa shape index (κ3) is 2.79. The van der Waals surface area contributed by atoms with Crippen molar-refractivity contribution >= 4 is 15.9 Å². The second kappa shape index (κ2) is 5.63. The minimum Gasteiger partial charge on any atom is -0.453 e. The molecule has 0 radical (unpaired) electrons. The average molecular weight is 316 g/mol. The first-order valence-corrected chi connectivity index (χ1v) is 6.26. The zero-order valence-electron chi connectivity index (χ0n) is 9.71. The molecule has 0 aliphatic rings. The number of nitrogens with one attached hydrogen (secondary N) is 1. The Morgan fingerprint density at radius 2 is 1.89 bits per heavy atom. The summed E-state index contributed by atoms with van der Waals surface area (Å²) in [6, 6.07) is 7.10. The monoisotopic (exact) mass is 315 g/mol. The summed E-state index contributed by atoms with van der Waals surface area (Å²) in [4.78, 5) is 0. The molecule has 0 aliphatic heterocycles. The fourth-order valence-corrected chi connectivity index (χ4v) is 2.11. The van der Waals surface area contributed by atoms with Crippen molar-refractivity contribution in [2.24, 2.45) is 0 Å². The summed E-state index contributed by atoms with van der Waals surface area (Å²) >= 11 is 3.20. The Labute approximate surface area is 112 Å². The van der Waals surface area contributed by atoms with Crippen molar-refractivity contribution in [3.63, 3.8) is 0 Å². The molecule has 0 fully saturated rings. The van der Waals surface area contributed by atoms with Crippen molar-refractivity contribution in [1.82, 2.24) is 5.32 Å². The minimum absolute atomic E-state index is 0.0596. The quantitative estimate of drug-likeness (QED) is 0.927. The maximum absolute atomic E-state index is 13.6. The number of hydrogen-bond donors (Lipinski definition) is 1. The zero-order chi connectivity index (χ0) is 13.1. The van der Waals surface area contributed by atoms with E-state index in [0.29, 0.717) is 10.4 Å². The molecule has 1 aromatic carbocycles. The van der Waals surface area contributed by atoms with Crippen molar-refractivity contribution in [1.29, 1.82) is 0 Å². The van der Waals surface area contributed by atoms with Crippen LogP contribution in [0, 0.1) is 11.6 Å². The Morgan fingerprint density at radius 3 is 2.39 bits per heavy atom. The minimum atomic E-state index is -0.541. The molecule has 0 spiro atoms. The van der Waals surface area contributed by atoms with Gasteiger partial charge in [0.15, 0.2) is 4.67 Å². The van der Waals surface area contributed by atoms with E-state index in [9.17, 15) is 8.78 Å². The third-order valence-electron chi connectivity index (χ3n) is 2.76. The molecule has 1 N–H and O–H groups in total. The molecule has 1 heterocycles. The highest BCUT2D eigenvalue weighted by atomic mass is 79.9. The standard InChI is InChI=1S/C13H12BrF2NO/c1-17-11(12-5-6-13(14)18-12)7-8-9(15)3-2-4-10(8)16/h2-6,11,17H,7H2,1H3. The van der Waals surface area contributed by atoms with Gasteiger partial charge in [-0.25, -0.2) is 8.78 Å². The molecule has 1 aromatic heterocycles. The molecular weight excluding hydrogens is 304 g/mol. The average Bonchev–Trinajstić information content (AvgIpc) is 2.76. The molecule has 2 aromatic rings. The van der Waals surface area contributed by atoms with Crippen molar-refractivity contribution in [3.05, 3.63) is 58.0 Å². The van der Waals surface area contributed by atoms with Crippen LogP contribution in [-0.4, -0.2) is 7.05 Å². The van der Waals surface area contributed by atoms with Crippen LogP contribution in [0.2, 0.25) is 0 Å². The van der Waals surface area contributed by atoms with E-state index in [4.69, 9.17) is 4.42 Å². The van der Waals surface area contributed by atoms with Crippen LogP contribution in [0.3, 0.4) is 0 Å². The summed E-state index contributed by atoms with van der Waals surface area (Å²) in [6.07, 6.45) is 0.189. The number of hydrogen-bond acceptors (Lipinski definition) is 2. The number of rotatable bonds is 4. The second-order valence-electron chi connectivity index (χ2n) is 3.89. The van der Waals surface area contributed by atoms with Crippen molar-refractivity contribution < 1.29 is 13.2 Å². The van der Waals surface area contributed by atoms with Crippen molar-refractivity contribution in [2.45, 2.75) is 12.5 Å². The number of halogens is 3. The lowest BCUT2D eigenvalue weighted by Crippen LogP contribution is -2.19. The molecule has 0 saturated heterocycles. The first-order valence-electron chi connectivity index (χ1n) is 5.47. The summed E-state index contributed by atoms with van der Waals surface area (Å²) in [5.74, 6) is -0.450. The first kappa shape index (κ1) is 13.2. The van der Waals surface area contributed by atoms with E-state index in [2.05, 4.69) is 21.2 Å². The SMILES string of the molecule is CNC(Cc1c(F)cccc1F)c1ccc(Br)o1. The van der Waals surface area contributed by atoms with Gasteiger partial charge in [-0.05, 0) is 47.2 Å². The van der Waals surface area contributed by atoms with Crippen LogP contribution < -0.4 is 5.32 Å². The number of benzene rings is 1. The molecule has 18 heavy (non-hydrogen) atoms. The van der Waals surface area contributed by atoms with E-state index >= 15 is 0 Å². The van der Waals surface area contributed by atoms with Gasteiger partial charge in [0.25, 0.3) is 0 Å². The van der Waals surface area contributed by atoms with Gasteiger partial charge in [0.2, 0.25) is 0 Å². The van der Waals surface area contributed by atoms with E-state index < -0.39 is 11.6 Å². The predicted octanol–water partition coefficient (Wildman–Crippen LogP) is 3.82. The van der Waals surface area contributed by atoms with Crippen molar-refractivity contribution in [2.75, 3.05) is 7.05 Å². The fourth-order valence-electron chi connectivity index (χ4n) is 1.79. The molecule has 2 rings (SSSR count). The maximum Gasteiger partial charge on any atom is 0.169 e. The lowest BCUT2D eigenvalue weighted by Gasteiger charge is -2.14.